The average Bonchev–Trinajstić information content (AvgIpc) is 2.90. The lowest BCUT2D eigenvalue weighted by Gasteiger charge is -2.32. The molecule has 1 fully saturated rings. The van der Waals surface area contributed by atoms with E-state index in [1.807, 2.05) is 6.92 Å². The maximum atomic E-state index is 5.35. The van der Waals surface area contributed by atoms with E-state index in [0.717, 1.165) is 18.8 Å². The van der Waals surface area contributed by atoms with Gasteiger partial charge < -0.3 is 14.6 Å². The number of furan rings is 1. The molecule has 1 aromatic rings. The van der Waals surface area contributed by atoms with Crippen LogP contribution in [0, 0.1) is 12.3 Å². The highest BCUT2D eigenvalue weighted by Crippen LogP contribution is 2.30. The summed E-state index contributed by atoms with van der Waals surface area (Å²) in [4.78, 5) is 2.42. The zero-order chi connectivity index (χ0) is 12.3. The lowest BCUT2D eigenvalue weighted by molar-refractivity contribution is 0.179. The molecule has 1 saturated heterocycles. The Hall–Kier alpha value is -0.800. The zero-order valence-corrected chi connectivity index (χ0v) is 11.3. The van der Waals surface area contributed by atoms with Gasteiger partial charge in [-0.25, -0.2) is 0 Å². The van der Waals surface area contributed by atoms with Crippen molar-refractivity contribution in [3.05, 3.63) is 23.7 Å². The van der Waals surface area contributed by atoms with E-state index in [-0.39, 0.29) is 0 Å². The largest absolute Gasteiger partial charge is 0.469 e. The minimum Gasteiger partial charge on any atom is -0.469 e. The first-order valence-electron chi connectivity index (χ1n) is 6.57. The zero-order valence-electron chi connectivity index (χ0n) is 11.3. The molecule has 1 aliphatic heterocycles. The molecule has 0 aromatic carbocycles. The molecule has 0 bridgehead atoms. The second-order valence-electron chi connectivity index (χ2n) is 5.45. The Kier molecular flexibility index (Phi) is 3.89. The number of nitrogens with one attached hydrogen (secondary N) is 1. The summed E-state index contributed by atoms with van der Waals surface area (Å²) < 4.78 is 5.35. The fourth-order valence-electron chi connectivity index (χ4n) is 2.84. The lowest BCUT2D eigenvalue weighted by atomic mass is 9.84. The Bertz CT molecular complexity index is 353. The van der Waals surface area contributed by atoms with Crippen LogP contribution >= 0.6 is 0 Å². The number of rotatable bonds is 5. The van der Waals surface area contributed by atoms with E-state index in [1.54, 1.807) is 6.26 Å². The molecule has 1 aromatic heterocycles. The Morgan fingerprint density at radius 1 is 1.53 bits per heavy atom. The van der Waals surface area contributed by atoms with Gasteiger partial charge in [-0.1, -0.05) is 6.92 Å². The minimum atomic E-state index is 0.479. The van der Waals surface area contributed by atoms with Crippen molar-refractivity contribution < 1.29 is 4.42 Å². The summed E-state index contributed by atoms with van der Waals surface area (Å²) in [5.41, 5.74) is 1.79. The molecule has 0 aliphatic carbocycles. The van der Waals surface area contributed by atoms with Crippen LogP contribution in [0.1, 0.15) is 31.1 Å². The van der Waals surface area contributed by atoms with Crippen molar-refractivity contribution in [3.63, 3.8) is 0 Å². The molecule has 96 valence electrons. The van der Waals surface area contributed by atoms with E-state index >= 15 is 0 Å². The van der Waals surface area contributed by atoms with Gasteiger partial charge in [0.15, 0.2) is 0 Å². The van der Waals surface area contributed by atoms with Gasteiger partial charge in [0.25, 0.3) is 0 Å². The van der Waals surface area contributed by atoms with Crippen molar-refractivity contribution in [1.82, 2.24) is 10.2 Å². The van der Waals surface area contributed by atoms with Crippen molar-refractivity contribution in [3.8, 4) is 0 Å². The van der Waals surface area contributed by atoms with Gasteiger partial charge in [-0.15, -0.1) is 0 Å². The third-order valence-corrected chi connectivity index (χ3v) is 4.09. The molecule has 3 heteroatoms. The lowest BCUT2D eigenvalue weighted by Crippen LogP contribution is -2.36. The van der Waals surface area contributed by atoms with Crippen LogP contribution < -0.4 is 5.32 Å². The van der Waals surface area contributed by atoms with E-state index in [2.05, 4.69) is 30.3 Å². The highest BCUT2D eigenvalue weighted by molar-refractivity contribution is 5.15. The highest BCUT2D eigenvalue weighted by Gasteiger charge is 2.32. The summed E-state index contributed by atoms with van der Waals surface area (Å²) in [7, 11) is 2.21. The number of hydrogen-bond donors (Lipinski definition) is 1. The molecular weight excluding hydrogens is 212 g/mol. The summed E-state index contributed by atoms with van der Waals surface area (Å²) in [6.45, 7) is 8.84. The van der Waals surface area contributed by atoms with E-state index in [4.69, 9.17) is 4.42 Å². The number of nitrogens with zero attached hydrogens (tertiary/aromatic N) is 1. The topological polar surface area (TPSA) is 28.4 Å². The van der Waals surface area contributed by atoms with Crippen molar-refractivity contribution in [1.29, 1.82) is 0 Å². The fraction of sp³-hybridized carbons (Fsp3) is 0.714. The standard InChI is InChI=1S/C14H24N2O/c1-4-14(6-7-15-10-14)11-16(3)9-13-5-8-17-12(13)2/h5,8,15H,4,6-7,9-11H2,1-3H3. The van der Waals surface area contributed by atoms with E-state index in [0.29, 0.717) is 5.41 Å². The molecule has 1 aliphatic rings. The van der Waals surface area contributed by atoms with Crippen molar-refractivity contribution in [2.75, 3.05) is 26.7 Å². The van der Waals surface area contributed by atoms with Gasteiger partial charge in [0.2, 0.25) is 0 Å². The van der Waals surface area contributed by atoms with Gasteiger partial charge in [0.05, 0.1) is 6.26 Å². The van der Waals surface area contributed by atoms with Crippen LogP contribution in [0.5, 0.6) is 0 Å². The number of aryl methyl sites for hydroxylation is 1. The van der Waals surface area contributed by atoms with Crippen molar-refractivity contribution >= 4 is 0 Å². The molecule has 17 heavy (non-hydrogen) atoms. The first-order chi connectivity index (χ1) is 8.15. The van der Waals surface area contributed by atoms with Gasteiger partial charge >= 0.3 is 0 Å². The summed E-state index contributed by atoms with van der Waals surface area (Å²) in [6.07, 6.45) is 4.35. The summed E-state index contributed by atoms with van der Waals surface area (Å²) >= 11 is 0. The van der Waals surface area contributed by atoms with Crippen LogP contribution in [0.3, 0.4) is 0 Å². The maximum absolute atomic E-state index is 5.35. The number of hydrogen-bond acceptors (Lipinski definition) is 3. The summed E-state index contributed by atoms with van der Waals surface area (Å²) in [6, 6.07) is 2.08. The van der Waals surface area contributed by atoms with Crippen molar-refractivity contribution in [2.24, 2.45) is 5.41 Å². The minimum absolute atomic E-state index is 0.479. The van der Waals surface area contributed by atoms with E-state index in [9.17, 15) is 0 Å². The van der Waals surface area contributed by atoms with Crippen LogP contribution in [0.4, 0.5) is 0 Å². The van der Waals surface area contributed by atoms with Crippen molar-refractivity contribution in [2.45, 2.75) is 33.2 Å². The van der Waals surface area contributed by atoms with Crippen LogP contribution in [-0.4, -0.2) is 31.6 Å². The van der Waals surface area contributed by atoms with Gasteiger partial charge in [0.1, 0.15) is 5.76 Å². The predicted molar refractivity (Wildman–Crippen MR) is 70.0 cm³/mol. The molecule has 2 heterocycles. The first-order valence-corrected chi connectivity index (χ1v) is 6.57. The molecule has 1 N–H and O–H groups in total. The molecule has 0 radical (unpaired) electrons. The van der Waals surface area contributed by atoms with E-state index in [1.165, 1.54) is 31.5 Å². The van der Waals surface area contributed by atoms with Gasteiger partial charge in [-0.05, 0) is 44.8 Å². The van der Waals surface area contributed by atoms with Gasteiger partial charge in [-0.3, -0.25) is 0 Å². The molecule has 3 nitrogen and oxygen atoms in total. The van der Waals surface area contributed by atoms with Gasteiger partial charge in [-0.2, -0.15) is 0 Å². The molecule has 1 atom stereocenters. The first kappa shape index (κ1) is 12.7. The highest BCUT2D eigenvalue weighted by atomic mass is 16.3. The second kappa shape index (κ2) is 5.23. The third-order valence-electron chi connectivity index (χ3n) is 4.09. The third kappa shape index (κ3) is 2.90. The average molecular weight is 236 g/mol. The Morgan fingerprint density at radius 3 is 2.88 bits per heavy atom. The summed E-state index contributed by atoms with van der Waals surface area (Å²) in [5.74, 6) is 1.05. The Labute approximate surface area is 104 Å². The predicted octanol–water partition coefficient (Wildman–Crippen LogP) is 2.41. The smallest absolute Gasteiger partial charge is 0.105 e. The van der Waals surface area contributed by atoms with Crippen LogP contribution in [-0.2, 0) is 6.54 Å². The Morgan fingerprint density at radius 2 is 2.35 bits per heavy atom. The maximum Gasteiger partial charge on any atom is 0.105 e. The molecule has 2 rings (SSSR count). The molecule has 0 saturated carbocycles. The monoisotopic (exact) mass is 236 g/mol. The van der Waals surface area contributed by atoms with Crippen LogP contribution in [0.25, 0.3) is 0 Å². The second-order valence-corrected chi connectivity index (χ2v) is 5.45. The Balaban J connectivity index is 1.92. The fourth-order valence-corrected chi connectivity index (χ4v) is 2.84. The molecule has 1 unspecified atom stereocenters. The van der Waals surface area contributed by atoms with Crippen LogP contribution in [0.15, 0.2) is 16.7 Å². The molecule has 0 spiro atoms. The normalized spacial score (nSPS) is 24.7. The molecule has 0 amide bonds. The summed E-state index contributed by atoms with van der Waals surface area (Å²) in [5, 5.41) is 3.49. The molecular formula is C14H24N2O. The van der Waals surface area contributed by atoms with Crippen LogP contribution in [0.2, 0.25) is 0 Å². The SMILES string of the molecule is CCC1(CN(C)Cc2ccoc2C)CCNC1. The van der Waals surface area contributed by atoms with E-state index < -0.39 is 0 Å². The van der Waals surface area contributed by atoms with Gasteiger partial charge in [0, 0.05) is 25.2 Å². The quantitative estimate of drug-likeness (QED) is 0.851.